The number of carbonyl (C=O) groups excluding carboxylic acids is 1. The number of hydrogen-bond acceptors (Lipinski definition) is 5. The summed E-state index contributed by atoms with van der Waals surface area (Å²) in [6, 6.07) is 14.0. The second kappa shape index (κ2) is 6.68. The van der Waals surface area contributed by atoms with Gasteiger partial charge in [0.05, 0.1) is 22.1 Å². The summed E-state index contributed by atoms with van der Waals surface area (Å²) in [5.74, 6) is -0.919. The number of aromatic nitrogens is 3. The van der Waals surface area contributed by atoms with Gasteiger partial charge >= 0.3 is 5.97 Å². The second-order valence-corrected chi connectivity index (χ2v) is 6.77. The van der Waals surface area contributed by atoms with Crippen molar-refractivity contribution < 1.29 is 13.9 Å². The van der Waals surface area contributed by atoms with E-state index in [1.807, 2.05) is 24.3 Å². The van der Waals surface area contributed by atoms with Crippen molar-refractivity contribution in [3.63, 3.8) is 0 Å². The molecule has 0 fully saturated rings. The fourth-order valence-electron chi connectivity index (χ4n) is 2.66. The first kappa shape index (κ1) is 16.4. The van der Waals surface area contributed by atoms with Crippen LogP contribution in [-0.4, -0.2) is 20.7 Å². The number of fused-ring (bicyclic) bond motifs is 1. The average Bonchev–Trinajstić information content (AvgIpc) is 3.23. The molecule has 130 valence electrons. The van der Waals surface area contributed by atoms with E-state index < -0.39 is 11.8 Å². The Hall–Kier alpha value is -3.06. The van der Waals surface area contributed by atoms with Crippen LogP contribution in [0.4, 0.5) is 4.39 Å². The maximum Gasteiger partial charge on any atom is 0.342 e. The Morgan fingerprint density at radius 3 is 2.77 bits per heavy atom. The lowest BCUT2D eigenvalue weighted by molar-refractivity contribution is 0.0471. The summed E-state index contributed by atoms with van der Waals surface area (Å²) in [5.41, 5.74) is 1.99. The Morgan fingerprint density at radius 2 is 1.96 bits per heavy atom. The van der Waals surface area contributed by atoms with E-state index in [0.29, 0.717) is 11.3 Å². The molecule has 0 bridgehead atoms. The molecule has 0 radical (unpaired) electrons. The summed E-state index contributed by atoms with van der Waals surface area (Å²) < 4.78 is 21.8. The van der Waals surface area contributed by atoms with Gasteiger partial charge < -0.3 is 4.74 Å². The summed E-state index contributed by atoms with van der Waals surface area (Å²) >= 11 is 1.48. The van der Waals surface area contributed by atoms with Crippen LogP contribution in [0.2, 0.25) is 0 Å². The highest BCUT2D eigenvalue weighted by atomic mass is 32.1. The van der Waals surface area contributed by atoms with Crippen LogP contribution < -0.4 is 0 Å². The van der Waals surface area contributed by atoms with Crippen LogP contribution >= 0.6 is 11.3 Å². The number of rotatable bonds is 4. The molecule has 0 amide bonds. The SMILES string of the molecule is Cc1c(C(=O)OCc2nc3ccccc3s2)cnn1-c1ccccc1F. The number of nitrogens with zero attached hydrogens (tertiary/aromatic N) is 3. The highest BCUT2D eigenvalue weighted by Crippen LogP contribution is 2.23. The number of halogens is 1. The lowest BCUT2D eigenvalue weighted by atomic mass is 10.2. The van der Waals surface area contributed by atoms with E-state index in [-0.39, 0.29) is 12.3 Å². The van der Waals surface area contributed by atoms with Crippen LogP contribution in [0.25, 0.3) is 15.9 Å². The van der Waals surface area contributed by atoms with Crippen molar-refractivity contribution in [3.8, 4) is 5.69 Å². The van der Waals surface area contributed by atoms with Crippen LogP contribution in [0.1, 0.15) is 21.1 Å². The largest absolute Gasteiger partial charge is 0.455 e. The number of ether oxygens (including phenoxy) is 1. The summed E-state index contributed by atoms with van der Waals surface area (Å²) in [7, 11) is 0. The van der Waals surface area contributed by atoms with Crippen LogP contribution in [0.15, 0.2) is 54.7 Å². The van der Waals surface area contributed by atoms with Crippen LogP contribution in [0.5, 0.6) is 0 Å². The van der Waals surface area contributed by atoms with E-state index in [0.717, 1.165) is 15.2 Å². The normalized spacial score (nSPS) is 11.0. The van der Waals surface area contributed by atoms with Gasteiger partial charge in [0.1, 0.15) is 28.7 Å². The molecule has 0 N–H and O–H groups in total. The van der Waals surface area contributed by atoms with E-state index in [2.05, 4.69) is 10.1 Å². The summed E-state index contributed by atoms with van der Waals surface area (Å²) in [6.45, 7) is 1.79. The summed E-state index contributed by atoms with van der Waals surface area (Å²) in [6.07, 6.45) is 1.39. The van der Waals surface area contributed by atoms with Gasteiger partial charge in [0.15, 0.2) is 0 Å². The second-order valence-electron chi connectivity index (χ2n) is 5.66. The molecule has 0 atom stereocenters. The third-order valence-electron chi connectivity index (χ3n) is 3.98. The van der Waals surface area contributed by atoms with E-state index in [4.69, 9.17) is 4.74 Å². The van der Waals surface area contributed by atoms with Gasteiger partial charge in [-0.3, -0.25) is 0 Å². The fourth-order valence-corrected chi connectivity index (χ4v) is 3.54. The lowest BCUT2D eigenvalue weighted by Crippen LogP contribution is -2.08. The first-order valence-corrected chi connectivity index (χ1v) is 8.76. The molecule has 4 rings (SSSR count). The molecular formula is C19H14FN3O2S. The minimum atomic E-state index is -0.510. The maximum atomic E-state index is 14.0. The lowest BCUT2D eigenvalue weighted by Gasteiger charge is -2.06. The third-order valence-corrected chi connectivity index (χ3v) is 4.99. The maximum absolute atomic E-state index is 14.0. The Balaban J connectivity index is 1.53. The number of hydrogen-bond donors (Lipinski definition) is 0. The smallest absolute Gasteiger partial charge is 0.342 e. The van der Waals surface area contributed by atoms with Crippen LogP contribution in [0.3, 0.4) is 0 Å². The number of benzene rings is 2. The zero-order valence-corrected chi connectivity index (χ0v) is 14.7. The molecule has 0 saturated carbocycles. The Morgan fingerprint density at radius 1 is 1.19 bits per heavy atom. The van der Waals surface area contributed by atoms with Crippen molar-refractivity contribution in [3.05, 3.63) is 76.8 Å². The molecule has 0 saturated heterocycles. The standard InChI is InChI=1S/C19H14FN3O2S/c1-12-13(10-21-23(12)16-8-4-2-6-14(16)20)19(24)25-11-18-22-15-7-3-5-9-17(15)26-18/h2-10H,11H2,1H3. The number of carbonyl (C=O) groups is 1. The minimum absolute atomic E-state index is 0.0858. The zero-order chi connectivity index (χ0) is 18.1. The third kappa shape index (κ3) is 2.97. The fraction of sp³-hybridized carbons (Fsp3) is 0.105. The quantitative estimate of drug-likeness (QED) is 0.505. The number of esters is 1. The molecule has 0 unspecified atom stereocenters. The highest BCUT2D eigenvalue weighted by Gasteiger charge is 2.18. The molecule has 2 aromatic heterocycles. The molecule has 2 aromatic carbocycles. The Kier molecular flexibility index (Phi) is 4.22. The van der Waals surface area contributed by atoms with Crippen LogP contribution in [0, 0.1) is 12.7 Å². The molecule has 26 heavy (non-hydrogen) atoms. The summed E-state index contributed by atoms with van der Waals surface area (Å²) in [4.78, 5) is 16.8. The Bertz CT molecular complexity index is 1070. The van der Waals surface area contributed by atoms with Crippen molar-refractivity contribution in [2.45, 2.75) is 13.5 Å². The molecule has 0 spiro atoms. The topological polar surface area (TPSA) is 57.0 Å². The van der Waals surface area contributed by atoms with E-state index in [1.54, 1.807) is 25.1 Å². The first-order chi connectivity index (χ1) is 12.6. The van der Waals surface area contributed by atoms with E-state index in [9.17, 15) is 9.18 Å². The molecule has 0 aliphatic heterocycles. The molecule has 4 aromatic rings. The zero-order valence-electron chi connectivity index (χ0n) is 13.8. The van der Waals surface area contributed by atoms with Gasteiger partial charge in [-0.05, 0) is 31.2 Å². The van der Waals surface area contributed by atoms with Crippen molar-refractivity contribution in [2.24, 2.45) is 0 Å². The van der Waals surface area contributed by atoms with E-state index >= 15 is 0 Å². The summed E-state index contributed by atoms with van der Waals surface area (Å²) in [5, 5.41) is 4.84. The number of thiazole rings is 1. The first-order valence-electron chi connectivity index (χ1n) is 7.94. The van der Waals surface area contributed by atoms with Crippen molar-refractivity contribution in [1.29, 1.82) is 0 Å². The van der Waals surface area contributed by atoms with Gasteiger partial charge in [0, 0.05) is 0 Å². The highest BCUT2D eigenvalue weighted by molar-refractivity contribution is 7.18. The monoisotopic (exact) mass is 367 g/mol. The molecular weight excluding hydrogens is 353 g/mol. The predicted molar refractivity (Wildman–Crippen MR) is 97.0 cm³/mol. The molecule has 5 nitrogen and oxygen atoms in total. The van der Waals surface area contributed by atoms with Gasteiger partial charge in [-0.2, -0.15) is 5.10 Å². The van der Waals surface area contributed by atoms with Crippen molar-refractivity contribution in [1.82, 2.24) is 14.8 Å². The minimum Gasteiger partial charge on any atom is -0.455 e. The molecule has 7 heteroatoms. The average molecular weight is 367 g/mol. The molecule has 2 heterocycles. The van der Waals surface area contributed by atoms with Gasteiger partial charge in [0.25, 0.3) is 0 Å². The molecule has 0 aliphatic rings. The number of para-hydroxylation sites is 2. The van der Waals surface area contributed by atoms with Gasteiger partial charge in [-0.25, -0.2) is 18.9 Å². The Labute approximate surface area is 152 Å². The molecule has 0 aliphatic carbocycles. The van der Waals surface area contributed by atoms with Crippen molar-refractivity contribution >= 4 is 27.5 Å². The van der Waals surface area contributed by atoms with Crippen molar-refractivity contribution in [2.75, 3.05) is 0 Å². The van der Waals surface area contributed by atoms with E-state index in [1.165, 1.54) is 28.3 Å². The van der Waals surface area contributed by atoms with Gasteiger partial charge in [-0.15, -0.1) is 11.3 Å². The predicted octanol–water partition coefficient (Wildman–Crippen LogP) is 4.29. The van der Waals surface area contributed by atoms with Crippen LogP contribution in [-0.2, 0) is 11.3 Å². The van der Waals surface area contributed by atoms with Gasteiger partial charge in [-0.1, -0.05) is 24.3 Å². The van der Waals surface area contributed by atoms with Gasteiger partial charge in [0.2, 0.25) is 0 Å².